The summed E-state index contributed by atoms with van der Waals surface area (Å²) < 4.78 is 35.3. The Morgan fingerprint density at radius 2 is 2.15 bits per heavy atom. The Labute approximate surface area is 230 Å². The highest BCUT2D eigenvalue weighted by molar-refractivity contribution is 7.91. The minimum Gasteiger partial charge on any atom is -0.488 e. The Balaban J connectivity index is 1.62. The fourth-order valence-corrected chi connectivity index (χ4v) is 6.63. The van der Waals surface area contributed by atoms with Crippen molar-refractivity contribution in [3.8, 4) is 5.75 Å². The van der Waals surface area contributed by atoms with E-state index in [4.69, 9.17) is 4.74 Å². The zero-order valence-electron chi connectivity index (χ0n) is 21.8. The summed E-state index contributed by atoms with van der Waals surface area (Å²) in [5.41, 5.74) is 0.976. The van der Waals surface area contributed by atoms with Gasteiger partial charge in [0.15, 0.2) is 0 Å². The van der Waals surface area contributed by atoms with Gasteiger partial charge in [-0.15, -0.1) is 16.4 Å². The third-order valence-corrected chi connectivity index (χ3v) is 9.69. The monoisotopic (exact) mass is 577 g/mol. The number of aromatic nitrogens is 4. The lowest BCUT2D eigenvalue weighted by Gasteiger charge is -2.33. The quantitative estimate of drug-likeness (QED) is 0.376. The number of hydrogen-bond acceptors (Lipinski definition) is 10. The predicted octanol–water partition coefficient (Wildman–Crippen LogP) is 0.843. The molecule has 0 unspecified atom stereocenters. The number of sulfonamides is 1. The maximum absolute atomic E-state index is 13.4. The smallest absolute Gasteiger partial charge is 0.252 e. The molecule has 0 spiro atoms. The first-order valence-corrected chi connectivity index (χ1v) is 14.6. The molecule has 39 heavy (non-hydrogen) atoms. The van der Waals surface area contributed by atoms with Crippen LogP contribution in [-0.2, 0) is 32.6 Å². The standard InChI is InChI=1S/C24H31N7O6S2/c1-16-11-31(17(2)14-32)23(34)10-18-9-19(26-22(33)13-30-15-25-27-28-30)6-7-20(18)37-21(16)12-29(3)39(35,36)24-5-4-8-38-24/h4-9,15-17,21,32H,10-14H2,1-3H3,(H,26,33)/t16-,17+,21-/m1/s1. The summed E-state index contributed by atoms with van der Waals surface area (Å²) in [5, 5.41) is 25.0. The molecule has 13 nitrogen and oxygen atoms in total. The number of anilines is 1. The third kappa shape index (κ3) is 6.79. The molecular weight excluding hydrogens is 546 g/mol. The molecular formula is C24H31N7O6S2. The summed E-state index contributed by atoms with van der Waals surface area (Å²) in [6.07, 6.45) is 0.686. The van der Waals surface area contributed by atoms with Crippen LogP contribution in [0.3, 0.4) is 0 Å². The van der Waals surface area contributed by atoms with Gasteiger partial charge in [0, 0.05) is 30.8 Å². The van der Waals surface area contributed by atoms with Gasteiger partial charge in [-0.25, -0.2) is 13.1 Å². The van der Waals surface area contributed by atoms with Gasteiger partial charge in [-0.1, -0.05) is 13.0 Å². The highest BCUT2D eigenvalue weighted by atomic mass is 32.2. The lowest BCUT2D eigenvalue weighted by atomic mass is 10.0. The molecule has 210 valence electrons. The highest BCUT2D eigenvalue weighted by Gasteiger charge is 2.33. The molecule has 1 aromatic carbocycles. The molecule has 3 heterocycles. The largest absolute Gasteiger partial charge is 0.488 e. The van der Waals surface area contributed by atoms with Crippen LogP contribution in [0.15, 0.2) is 46.2 Å². The van der Waals surface area contributed by atoms with E-state index in [0.29, 0.717) is 17.0 Å². The van der Waals surface area contributed by atoms with Crippen molar-refractivity contribution < 1.29 is 27.9 Å². The van der Waals surface area contributed by atoms with Crippen molar-refractivity contribution in [1.29, 1.82) is 0 Å². The lowest BCUT2D eigenvalue weighted by Crippen LogP contribution is -2.48. The van der Waals surface area contributed by atoms with Crippen molar-refractivity contribution in [1.82, 2.24) is 29.4 Å². The van der Waals surface area contributed by atoms with Crippen molar-refractivity contribution in [2.45, 2.75) is 43.2 Å². The van der Waals surface area contributed by atoms with Crippen LogP contribution in [0.5, 0.6) is 5.75 Å². The van der Waals surface area contributed by atoms with Gasteiger partial charge in [0.1, 0.15) is 28.9 Å². The second-order valence-electron chi connectivity index (χ2n) is 9.48. The van der Waals surface area contributed by atoms with Crippen LogP contribution < -0.4 is 10.1 Å². The molecule has 15 heteroatoms. The van der Waals surface area contributed by atoms with Crippen molar-refractivity contribution in [3.05, 3.63) is 47.6 Å². The minimum atomic E-state index is -3.73. The Bertz CT molecular complexity index is 1380. The fraction of sp³-hybridized carbons (Fsp3) is 0.458. The van der Waals surface area contributed by atoms with Crippen LogP contribution in [0, 0.1) is 5.92 Å². The van der Waals surface area contributed by atoms with Gasteiger partial charge in [-0.2, -0.15) is 4.31 Å². The number of aliphatic hydroxyl groups is 1. The van der Waals surface area contributed by atoms with Crippen molar-refractivity contribution in [2.75, 3.05) is 32.1 Å². The molecule has 1 aliphatic rings. The predicted molar refractivity (Wildman–Crippen MR) is 143 cm³/mol. The van der Waals surface area contributed by atoms with Gasteiger partial charge in [-0.3, -0.25) is 9.59 Å². The molecule has 0 fully saturated rings. The number of benzene rings is 1. The van der Waals surface area contributed by atoms with Gasteiger partial charge in [0.25, 0.3) is 10.0 Å². The normalized spacial score (nSPS) is 19.0. The lowest BCUT2D eigenvalue weighted by molar-refractivity contribution is -0.134. The number of hydrogen-bond donors (Lipinski definition) is 2. The number of carbonyl (C=O) groups is 2. The first-order chi connectivity index (χ1) is 18.6. The van der Waals surface area contributed by atoms with Crippen LogP contribution in [0.25, 0.3) is 0 Å². The van der Waals surface area contributed by atoms with Gasteiger partial charge < -0.3 is 20.1 Å². The summed E-state index contributed by atoms with van der Waals surface area (Å²) in [4.78, 5) is 27.4. The van der Waals surface area contributed by atoms with E-state index in [2.05, 4.69) is 20.8 Å². The molecule has 4 rings (SSSR count). The molecule has 3 aromatic rings. The number of rotatable bonds is 9. The van der Waals surface area contributed by atoms with E-state index in [1.54, 1.807) is 47.5 Å². The number of tetrazole rings is 1. The number of likely N-dealkylation sites (N-methyl/N-ethyl adjacent to an activating group) is 1. The van der Waals surface area contributed by atoms with Crippen LogP contribution in [0.1, 0.15) is 19.4 Å². The third-order valence-electron chi connectivity index (χ3n) is 6.49. The molecule has 0 saturated heterocycles. The second kappa shape index (κ2) is 12.2. The number of aliphatic hydroxyl groups excluding tert-OH is 1. The van der Waals surface area contributed by atoms with Crippen LogP contribution >= 0.6 is 11.3 Å². The summed E-state index contributed by atoms with van der Waals surface area (Å²) in [5.74, 6) is -0.435. The molecule has 3 atom stereocenters. The minimum absolute atomic E-state index is 0.0286. The number of thiophene rings is 1. The topological polar surface area (TPSA) is 160 Å². The number of nitrogens with one attached hydrogen (secondary N) is 1. The first-order valence-electron chi connectivity index (χ1n) is 12.3. The van der Waals surface area contributed by atoms with Crippen LogP contribution in [0.2, 0.25) is 0 Å². The molecule has 2 aromatic heterocycles. The molecule has 0 aliphatic carbocycles. The molecule has 0 saturated carbocycles. The van der Waals surface area contributed by atoms with Crippen molar-refractivity contribution in [2.24, 2.45) is 5.92 Å². The Morgan fingerprint density at radius 1 is 1.36 bits per heavy atom. The SMILES string of the molecule is C[C@@H]1CN([C@@H](C)CO)C(=O)Cc2cc(NC(=O)Cn3cnnn3)ccc2O[C@@H]1CN(C)S(=O)(=O)c1cccs1. The van der Waals surface area contributed by atoms with Crippen molar-refractivity contribution in [3.63, 3.8) is 0 Å². The van der Waals surface area contributed by atoms with Crippen molar-refractivity contribution >= 4 is 38.9 Å². The van der Waals surface area contributed by atoms with Gasteiger partial charge in [-0.05, 0) is 47.0 Å². The summed E-state index contributed by atoms with van der Waals surface area (Å²) in [7, 11) is -2.22. The number of nitrogens with zero attached hydrogens (tertiary/aromatic N) is 6. The summed E-state index contributed by atoms with van der Waals surface area (Å²) in [6, 6.07) is 7.76. The maximum atomic E-state index is 13.4. The van der Waals surface area contributed by atoms with E-state index in [1.165, 1.54) is 22.4 Å². The number of ether oxygens (including phenoxy) is 1. The van der Waals surface area contributed by atoms with E-state index in [-0.39, 0.29) is 54.6 Å². The fourth-order valence-electron chi connectivity index (χ4n) is 4.24. The number of amides is 2. The average Bonchev–Trinajstić information content (AvgIpc) is 3.62. The van der Waals surface area contributed by atoms with E-state index in [1.807, 2.05) is 6.92 Å². The molecule has 0 bridgehead atoms. The Hall–Kier alpha value is -3.40. The van der Waals surface area contributed by atoms with E-state index in [9.17, 15) is 23.1 Å². The number of fused-ring (bicyclic) bond motifs is 1. The molecule has 2 amide bonds. The molecule has 2 N–H and O–H groups in total. The molecule has 1 aliphatic heterocycles. The highest BCUT2D eigenvalue weighted by Crippen LogP contribution is 2.30. The number of carbonyl (C=O) groups excluding carboxylic acids is 2. The zero-order chi connectivity index (χ0) is 28.2. The van der Waals surface area contributed by atoms with E-state index >= 15 is 0 Å². The average molecular weight is 578 g/mol. The van der Waals surface area contributed by atoms with Gasteiger partial charge in [0.05, 0.1) is 25.6 Å². The van der Waals surface area contributed by atoms with Gasteiger partial charge >= 0.3 is 0 Å². The zero-order valence-corrected chi connectivity index (χ0v) is 23.4. The summed E-state index contributed by atoms with van der Waals surface area (Å²) >= 11 is 1.14. The summed E-state index contributed by atoms with van der Waals surface area (Å²) in [6.45, 7) is 3.63. The maximum Gasteiger partial charge on any atom is 0.252 e. The van der Waals surface area contributed by atoms with E-state index in [0.717, 1.165) is 11.3 Å². The van der Waals surface area contributed by atoms with Crippen LogP contribution in [-0.4, -0.2) is 93.6 Å². The second-order valence-corrected chi connectivity index (χ2v) is 12.7. The van der Waals surface area contributed by atoms with E-state index < -0.39 is 22.2 Å². The van der Waals surface area contributed by atoms with Gasteiger partial charge in [0.2, 0.25) is 11.8 Å². The Kier molecular flexibility index (Phi) is 8.94. The first kappa shape index (κ1) is 28.6. The Morgan fingerprint density at radius 3 is 2.82 bits per heavy atom. The van der Waals surface area contributed by atoms with Crippen LogP contribution in [0.4, 0.5) is 5.69 Å². The molecule has 0 radical (unpaired) electrons.